The largest absolute Gasteiger partial charge is 0.481 e. The normalized spacial score (nSPS) is 12.3. The van der Waals surface area contributed by atoms with Crippen molar-refractivity contribution < 1.29 is 4.74 Å². The summed E-state index contributed by atoms with van der Waals surface area (Å²) in [6.45, 7) is 10.9. The molecule has 0 aliphatic rings. The van der Waals surface area contributed by atoms with Crippen LogP contribution in [0, 0.1) is 0 Å². The van der Waals surface area contributed by atoms with E-state index in [4.69, 9.17) is 16.3 Å². The van der Waals surface area contributed by atoms with Crippen LogP contribution in [0.4, 0.5) is 0 Å². The third-order valence-corrected chi connectivity index (χ3v) is 4.74. The summed E-state index contributed by atoms with van der Waals surface area (Å²) in [6, 6.07) is 6.24. The van der Waals surface area contributed by atoms with Crippen LogP contribution in [0.25, 0.3) is 0 Å². The lowest BCUT2D eigenvalue weighted by Crippen LogP contribution is -2.20. The summed E-state index contributed by atoms with van der Waals surface area (Å²) in [5.74, 6) is 0.701. The molecule has 0 bridgehead atoms. The van der Waals surface area contributed by atoms with Crippen molar-refractivity contribution in [1.29, 1.82) is 0 Å². The molecule has 0 unspecified atom stereocenters. The molecule has 3 nitrogen and oxygen atoms in total. The highest BCUT2D eigenvalue weighted by Crippen LogP contribution is 2.34. The maximum absolute atomic E-state index is 6.27. The van der Waals surface area contributed by atoms with Crippen molar-refractivity contribution in [3.63, 3.8) is 0 Å². The van der Waals surface area contributed by atoms with Gasteiger partial charge < -0.3 is 4.74 Å². The molecule has 0 saturated carbocycles. The highest BCUT2D eigenvalue weighted by atomic mass is 35.5. The topological polar surface area (TPSA) is 35.0 Å². The molecule has 2 aromatic heterocycles. The quantitative estimate of drug-likeness (QED) is 0.685. The number of rotatable bonds is 5. The number of aromatic nitrogens is 2. The van der Waals surface area contributed by atoms with Gasteiger partial charge in [0.15, 0.2) is 0 Å². The summed E-state index contributed by atoms with van der Waals surface area (Å²) in [5.41, 5.74) is 3.38. The Labute approximate surface area is 150 Å². The van der Waals surface area contributed by atoms with Crippen LogP contribution in [0.5, 0.6) is 5.88 Å². The fourth-order valence-electron chi connectivity index (χ4n) is 2.81. The maximum atomic E-state index is 6.27. The lowest BCUT2D eigenvalue weighted by Gasteiger charge is -2.27. The average Bonchev–Trinajstić information content (AvgIpc) is 2.53. The molecule has 24 heavy (non-hydrogen) atoms. The van der Waals surface area contributed by atoms with Crippen LogP contribution < -0.4 is 4.74 Å². The summed E-state index contributed by atoms with van der Waals surface area (Å²) >= 11 is 6.27. The van der Waals surface area contributed by atoms with E-state index < -0.39 is 0 Å². The molecule has 2 aromatic rings. The zero-order valence-corrected chi connectivity index (χ0v) is 16.2. The van der Waals surface area contributed by atoms with Crippen molar-refractivity contribution in [3.05, 3.63) is 52.4 Å². The van der Waals surface area contributed by atoms with Gasteiger partial charge in [0.2, 0.25) is 5.88 Å². The highest BCUT2D eigenvalue weighted by Gasteiger charge is 2.25. The third kappa shape index (κ3) is 4.27. The van der Waals surface area contributed by atoms with Crippen LogP contribution >= 0.6 is 11.6 Å². The standard InChI is InChI=1S/C20H27ClN2O/c1-19(2,3)16-12-14(13-23-17(16)21)9-10-20(4,5)15-8-7-11-22-18(15)24-6/h7-8,11-13H,9-10H2,1-6H3. The Morgan fingerprint density at radius 2 is 1.79 bits per heavy atom. The number of aryl methyl sites for hydroxylation is 1. The smallest absolute Gasteiger partial charge is 0.216 e. The van der Waals surface area contributed by atoms with E-state index in [0.29, 0.717) is 11.0 Å². The second kappa shape index (κ2) is 7.10. The Bertz CT molecular complexity index is 705. The van der Waals surface area contributed by atoms with Gasteiger partial charge in [0.25, 0.3) is 0 Å². The lowest BCUT2D eigenvalue weighted by molar-refractivity contribution is 0.370. The van der Waals surface area contributed by atoms with Crippen molar-refractivity contribution in [2.75, 3.05) is 7.11 Å². The van der Waals surface area contributed by atoms with Gasteiger partial charge in [-0.3, -0.25) is 0 Å². The molecule has 2 rings (SSSR count). The van der Waals surface area contributed by atoms with E-state index in [2.05, 4.69) is 56.7 Å². The van der Waals surface area contributed by atoms with Crippen molar-refractivity contribution in [2.45, 2.75) is 58.3 Å². The molecule has 130 valence electrons. The SMILES string of the molecule is COc1ncccc1C(C)(C)CCc1cnc(Cl)c(C(C)(C)C)c1. The van der Waals surface area contributed by atoms with E-state index >= 15 is 0 Å². The number of pyridine rings is 2. The summed E-state index contributed by atoms with van der Waals surface area (Å²) in [6.07, 6.45) is 5.55. The molecule has 2 heterocycles. The molecule has 0 atom stereocenters. The van der Waals surface area contributed by atoms with Crippen LogP contribution in [0.1, 0.15) is 57.7 Å². The third-order valence-electron chi connectivity index (χ3n) is 4.44. The fourth-order valence-corrected chi connectivity index (χ4v) is 3.20. The van der Waals surface area contributed by atoms with Gasteiger partial charge in [0.05, 0.1) is 7.11 Å². The van der Waals surface area contributed by atoms with E-state index in [-0.39, 0.29) is 10.8 Å². The Kier molecular flexibility index (Phi) is 5.54. The van der Waals surface area contributed by atoms with Gasteiger partial charge in [-0.25, -0.2) is 9.97 Å². The second-order valence-electron chi connectivity index (χ2n) is 7.88. The number of hydrogen-bond acceptors (Lipinski definition) is 3. The molecule has 0 fully saturated rings. The van der Waals surface area contributed by atoms with Crippen LogP contribution in [0.2, 0.25) is 5.15 Å². The van der Waals surface area contributed by atoms with E-state index in [1.807, 2.05) is 12.3 Å². The van der Waals surface area contributed by atoms with E-state index in [9.17, 15) is 0 Å². The molecule has 0 aliphatic heterocycles. The number of nitrogens with zero attached hydrogens (tertiary/aromatic N) is 2. The minimum atomic E-state index is -0.0405. The molecule has 0 aromatic carbocycles. The summed E-state index contributed by atoms with van der Waals surface area (Å²) < 4.78 is 5.42. The van der Waals surface area contributed by atoms with Crippen LogP contribution in [-0.2, 0) is 17.3 Å². The van der Waals surface area contributed by atoms with Crippen LogP contribution in [-0.4, -0.2) is 17.1 Å². The molecular weight excluding hydrogens is 320 g/mol. The van der Waals surface area contributed by atoms with Gasteiger partial charge in [-0.2, -0.15) is 0 Å². The fraction of sp³-hybridized carbons (Fsp3) is 0.500. The first-order valence-electron chi connectivity index (χ1n) is 8.29. The van der Waals surface area contributed by atoms with E-state index in [1.54, 1.807) is 13.3 Å². The monoisotopic (exact) mass is 346 g/mol. The molecule has 0 spiro atoms. The summed E-state index contributed by atoms with van der Waals surface area (Å²) in [7, 11) is 1.67. The predicted molar refractivity (Wildman–Crippen MR) is 100 cm³/mol. The summed E-state index contributed by atoms with van der Waals surface area (Å²) in [5, 5.41) is 0.597. The Balaban J connectivity index is 2.21. The van der Waals surface area contributed by atoms with Gasteiger partial charge in [0, 0.05) is 18.0 Å². The number of hydrogen-bond donors (Lipinski definition) is 0. The maximum Gasteiger partial charge on any atom is 0.216 e. The van der Waals surface area contributed by atoms with Crippen LogP contribution in [0.15, 0.2) is 30.6 Å². The lowest BCUT2D eigenvalue weighted by atomic mass is 9.79. The molecule has 0 N–H and O–H groups in total. The van der Waals surface area contributed by atoms with E-state index in [1.165, 1.54) is 5.56 Å². The minimum absolute atomic E-state index is 0.0117. The van der Waals surface area contributed by atoms with Crippen LogP contribution in [0.3, 0.4) is 0 Å². The Morgan fingerprint density at radius 3 is 2.42 bits per heavy atom. The number of ether oxygens (including phenoxy) is 1. The molecular formula is C20H27ClN2O. The molecule has 0 radical (unpaired) electrons. The van der Waals surface area contributed by atoms with Crippen molar-refractivity contribution in [2.24, 2.45) is 0 Å². The highest BCUT2D eigenvalue weighted by molar-refractivity contribution is 6.30. The molecule has 0 saturated heterocycles. The van der Waals surface area contributed by atoms with Gasteiger partial charge in [-0.1, -0.05) is 58.4 Å². The van der Waals surface area contributed by atoms with Crippen molar-refractivity contribution in [1.82, 2.24) is 9.97 Å². The number of halogens is 1. The minimum Gasteiger partial charge on any atom is -0.481 e. The second-order valence-corrected chi connectivity index (χ2v) is 8.23. The molecule has 4 heteroatoms. The zero-order valence-electron chi connectivity index (χ0n) is 15.5. The Hall–Kier alpha value is -1.61. The van der Waals surface area contributed by atoms with E-state index in [0.717, 1.165) is 24.0 Å². The first-order valence-corrected chi connectivity index (χ1v) is 8.67. The van der Waals surface area contributed by atoms with Gasteiger partial charge in [-0.15, -0.1) is 0 Å². The summed E-state index contributed by atoms with van der Waals surface area (Å²) in [4.78, 5) is 8.71. The number of methoxy groups -OCH3 is 1. The average molecular weight is 347 g/mol. The van der Waals surface area contributed by atoms with Gasteiger partial charge in [0.1, 0.15) is 5.15 Å². The molecule has 0 amide bonds. The van der Waals surface area contributed by atoms with Gasteiger partial charge in [-0.05, 0) is 40.9 Å². The first kappa shape index (κ1) is 18.7. The predicted octanol–water partition coefficient (Wildman–Crippen LogP) is 5.35. The van der Waals surface area contributed by atoms with Crippen molar-refractivity contribution >= 4 is 11.6 Å². The zero-order chi connectivity index (χ0) is 18.0. The Morgan fingerprint density at radius 1 is 1.08 bits per heavy atom. The molecule has 0 aliphatic carbocycles. The van der Waals surface area contributed by atoms with Crippen molar-refractivity contribution in [3.8, 4) is 5.88 Å². The first-order chi connectivity index (χ1) is 11.1. The van der Waals surface area contributed by atoms with Gasteiger partial charge >= 0.3 is 0 Å².